The molecule has 6 nitrogen and oxygen atoms in total. The Labute approximate surface area is 122 Å². The number of alkyl halides is 1. The van der Waals surface area contributed by atoms with Gasteiger partial charge in [-0.05, 0) is 19.8 Å². The second-order valence-corrected chi connectivity index (χ2v) is 5.30. The van der Waals surface area contributed by atoms with Gasteiger partial charge in [-0.1, -0.05) is 0 Å². The van der Waals surface area contributed by atoms with Crippen LogP contribution in [0.15, 0.2) is 0 Å². The molecular weight excluding hydrogens is 278 g/mol. The Morgan fingerprint density at radius 3 is 2.80 bits per heavy atom. The molecule has 2 aromatic heterocycles. The number of nitrogens with two attached hydrogens (primary N) is 1. The van der Waals surface area contributed by atoms with Crippen molar-refractivity contribution in [3.05, 3.63) is 11.5 Å². The quantitative estimate of drug-likeness (QED) is 0.621. The van der Waals surface area contributed by atoms with E-state index in [0.717, 1.165) is 48.5 Å². The van der Waals surface area contributed by atoms with Crippen LogP contribution in [0.25, 0.3) is 11.2 Å². The lowest BCUT2D eigenvalue weighted by Gasteiger charge is -2.08. The summed E-state index contributed by atoms with van der Waals surface area (Å²) < 4.78 is 4.00. The number of amides is 1. The number of unbranched alkanes of at least 4 members (excludes halogenated alkanes) is 1. The Morgan fingerprint density at radius 2 is 2.15 bits per heavy atom. The molecule has 0 radical (unpaired) electrons. The molecule has 1 amide bonds. The molecule has 0 fully saturated rings. The number of hydrogen-bond acceptors (Lipinski definition) is 3. The van der Waals surface area contributed by atoms with Crippen molar-refractivity contribution in [3.8, 4) is 0 Å². The number of halogens is 1. The highest BCUT2D eigenvalue weighted by Crippen LogP contribution is 2.20. The van der Waals surface area contributed by atoms with Crippen LogP contribution in [0.5, 0.6) is 0 Å². The molecule has 0 spiro atoms. The molecule has 0 bridgehead atoms. The van der Waals surface area contributed by atoms with E-state index in [4.69, 9.17) is 17.3 Å². The Bertz CT molecular complexity index is 616. The second kappa shape index (κ2) is 6.26. The minimum atomic E-state index is -0.252. The highest BCUT2D eigenvalue weighted by atomic mass is 35.5. The van der Waals surface area contributed by atoms with Crippen LogP contribution in [0.2, 0.25) is 0 Å². The van der Waals surface area contributed by atoms with E-state index < -0.39 is 0 Å². The predicted molar refractivity (Wildman–Crippen MR) is 78.7 cm³/mol. The van der Waals surface area contributed by atoms with Crippen LogP contribution in [0, 0.1) is 6.92 Å². The summed E-state index contributed by atoms with van der Waals surface area (Å²) in [4.78, 5) is 15.4. The molecule has 2 rings (SSSR count). The summed E-state index contributed by atoms with van der Waals surface area (Å²) in [6.45, 7) is 2.76. The summed E-state index contributed by atoms with van der Waals surface area (Å²) in [5, 5.41) is 4.39. The lowest BCUT2D eigenvalue weighted by atomic mass is 10.2. The Balaban J connectivity index is 2.23. The van der Waals surface area contributed by atoms with Crippen molar-refractivity contribution >= 4 is 28.7 Å². The van der Waals surface area contributed by atoms with Crippen LogP contribution in [0.4, 0.5) is 0 Å². The number of hydrogen-bond donors (Lipinski definition) is 1. The molecule has 2 aromatic rings. The van der Waals surface area contributed by atoms with Gasteiger partial charge in [0.25, 0.3) is 0 Å². The van der Waals surface area contributed by atoms with Crippen LogP contribution in [-0.2, 0) is 24.8 Å². The largest absolute Gasteiger partial charge is 0.370 e. The Morgan fingerprint density at radius 1 is 1.40 bits per heavy atom. The molecule has 2 N–H and O–H groups in total. The van der Waals surface area contributed by atoms with Gasteiger partial charge in [-0.25, -0.2) is 4.98 Å². The van der Waals surface area contributed by atoms with E-state index in [1.165, 1.54) is 0 Å². The normalized spacial score (nSPS) is 11.3. The summed E-state index contributed by atoms with van der Waals surface area (Å²) in [6.07, 6.45) is 2.82. The number of carbonyl (C=O) groups is 1. The Kier molecular flexibility index (Phi) is 4.65. The van der Waals surface area contributed by atoms with E-state index in [0.29, 0.717) is 12.3 Å². The van der Waals surface area contributed by atoms with Gasteiger partial charge in [0, 0.05) is 32.3 Å². The molecule has 0 aliphatic heterocycles. The van der Waals surface area contributed by atoms with Gasteiger partial charge in [-0.2, -0.15) is 5.10 Å². The highest BCUT2D eigenvalue weighted by Gasteiger charge is 2.16. The molecule has 0 atom stereocenters. The zero-order valence-electron chi connectivity index (χ0n) is 11.9. The average molecular weight is 298 g/mol. The molecule has 20 heavy (non-hydrogen) atoms. The predicted octanol–water partition coefficient (Wildman–Crippen LogP) is 1.52. The van der Waals surface area contributed by atoms with Crippen LogP contribution in [0.1, 0.15) is 30.8 Å². The van der Waals surface area contributed by atoms with Gasteiger partial charge < -0.3 is 10.3 Å². The van der Waals surface area contributed by atoms with Crippen LogP contribution >= 0.6 is 11.6 Å². The van der Waals surface area contributed by atoms with Gasteiger partial charge in [-0.3, -0.25) is 9.48 Å². The van der Waals surface area contributed by atoms with E-state index in [1.807, 2.05) is 18.7 Å². The fourth-order valence-electron chi connectivity index (χ4n) is 2.46. The fourth-order valence-corrected chi connectivity index (χ4v) is 2.63. The third-order valence-corrected chi connectivity index (χ3v) is 3.53. The van der Waals surface area contributed by atoms with Gasteiger partial charge in [-0.15, -0.1) is 11.6 Å². The molecule has 0 aliphatic carbocycles. The molecule has 0 saturated heterocycles. The summed E-state index contributed by atoms with van der Waals surface area (Å²) in [7, 11) is 1.92. The molecule has 2 heterocycles. The lowest BCUT2D eigenvalue weighted by molar-refractivity contribution is -0.118. The number of fused-ring (bicyclic) bond motifs is 1. The smallest absolute Gasteiger partial charge is 0.217 e. The number of primary amides is 1. The molecular formula is C13H20ClN5O. The number of carbonyl (C=O) groups excluding carboxylic acids is 1. The van der Waals surface area contributed by atoms with Crippen LogP contribution < -0.4 is 5.73 Å². The van der Waals surface area contributed by atoms with Crippen LogP contribution in [-0.4, -0.2) is 31.1 Å². The van der Waals surface area contributed by atoms with Gasteiger partial charge in [0.2, 0.25) is 5.91 Å². The van der Waals surface area contributed by atoms with Gasteiger partial charge in [0.05, 0.1) is 5.69 Å². The van der Waals surface area contributed by atoms with Crippen molar-refractivity contribution in [2.24, 2.45) is 12.8 Å². The van der Waals surface area contributed by atoms with Crippen molar-refractivity contribution in [2.75, 3.05) is 5.88 Å². The molecule has 0 saturated carbocycles. The lowest BCUT2D eigenvalue weighted by Crippen LogP contribution is -2.11. The van der Waals surface area contributed by atoms with E-state index in [-0.39, 0.29) is 5.91 Å². The second-order valence-electron chi connectivity index (χ2n) is 4.92. The maximum absolute atomic E-state index is 10.8. The first-order chi connectivity index (χ1) is 9.54. The average Bonchev–Trinajstić information content (AvgIpc) is 2.85. The first-order valence-electron chi connectivity index (χ1n) is 6.77. The molecule has 7 heteroatoms. The van der Waals surface area contributed by atoms with Crippen molar-refractivity contribution in [3.63, 3.8) is 0 Å². The maximum atomic E-state index is 10.8. The molecule has 0 aliphatic rings. The zero-order chi connectivity index (χ0) is 14.7. The standard InChI is InChI=1S/C13H20ClN5O/c1-9-12-13(18(2)17-9)19(11(16-12)6-7-14)8-4-3-5-10(15)20/h3-8H2,1-2H3,(H2,15,20). The van der Waals surface area contributed by atoms with E-state index in [2.05, 4.69) is 14.6 Å². The SMILES string of the molecule is Cc1nn(C)c2c1nc(CCCl)n2CCCCC(N)=O. The first kappa shape index (κ1) is 14.8. The summed E-state index contributed by atoms with van der Waals surface area (Å²) in [5.74, 6) is 1.26. The van der Waals surface area contributed by atoms with Gasteiger partial charge in [0.1, 0.15) is 11.3 Å². The Hall–Kier alpha value is -1.56. The topological polar surface area (TPSA) is 78.7 Å². The third-order valence-electron chi connectivity index (χ3n) is 3.34. The molecule has 0 aromatic carbocycles. The van der Waals surface area contributed by atoms with Gasteiger partial charge >= 0.3 is 0 Å². The van der Waals surface area contributed by atoms with E-state index in [1.54, 1.807) is 0 Å². The summed E-state index contributed by atoms with van der Waals surface area (Å²) in [5.41, 5.74) is 8.03. The monoisotopic (exact) mass is 297 g/mol. The van der Waals surface area contributed by atoms with Crippen molar-refractivity contribution < 1.29 is 4.79 Å². The minimum Gasteiger partial charge on any atom is -0.370 e. The van der Waals surface area contributed by atoms with Crippen molar-refractivity contribution in [2.45, 2.75) is 39.2 Å². The summed E-state index contributed by atoms with van der Waals surface area (Å²) in [6, 6.07) is 0. The number of aryl methyl sites for hydroxylation is 4. The number of rotatable bonds is 7. The summed E-state index contributed by atoms with van der Waals surface area (Å²) >= 11 is 5.85. The number of imidazole rings is 1. The van der Waals surface area contributed by atoms with Gasteiger partial charge in [0.15, 0.2) is 5.65 Å². The van der Waals surface area contributed by atoms with E-state index in [9.17, 15) is 4.79 Å². The maximum Gasteiger partial charge on any atom is 0.217 e. The minimum absolute atomic E-state index is 0.252. The third kappa shape index (κ3) is 2.95. The number of nitrogens with zero attached hydrogens (tertiary/aromatic N) is 4. The number of aromatic nitrogens is 4. The van der Waals surface area contributed by atoms with Crippen molar-refractivity contribution in [1.29, 1.82) is 0 Å². The molecule has 0 unspecified atom stereocenters. The van der Waals surface area contributed by atoms with E-state index >= 15 is 0 Å². The zero-order valence-corrected chi connectivity index (χ0v) is 12.7. The first-order valence-corrected chi connectivity index (χ1v) is 7.31. The highest BCUT2D eigenvalue weighted by molar-refractivity contribution is 6.17. The fraction of sp³-hybridized carbons (Fsp3) is 0.615. The van der Waals surface area contributed by atoms with Crippen LogP contribution in [0.3, 0.4) is 0 Å². The molecule has 110 valence electrons. The van der Waals surface area contributed by atoms with Crippen molar-refractivity contribution in [1.82, 2.24) is 19.3 Å².